The van der Waals surface area contributed by atoms with Crippen LogP contribution in [-0.4, -0.2) is 5.97 Å². The van der Waals surface area contributed by atoms with E-state index in [4.69, 9.17) is 14.7 Å². The predicted molar refractivity (Wildman–Crippen MR) is 96.0 cm³/mol. The van der Waals surface area contributed by atoms with Crippen LogP contribution < -0.4 is 4.74 Å². The van der Waals surface area contributed by atoms with Crippen molar-refractivity contribution in [3.05, 3.63) is 77.2 Å². The van der Waals surface area contributed by atoms with Crippen LogP contribution in [-0.2, 0) is 4.74 Å². The van der Waals surface area contributed by atoms with Crippen LogP contribution in [0.2, 0.25) is 0 Å². The van der Waals surface area contributed by atoms with Crippen molar-refractivity contribution >= 4 is 5.97 Å². The van der Waals surface area contributed by atoms with Gasteiger partial charge in [0.25, 0.3) is 5.95 Å². The molecule has 0 aromatic heterocycles. The highest BCUT2D eigenvalue weighted by atomic mass is 16.7. The average molecular weight is 335 g/mol. The Hall–Kier alpha value is -3.06. The molecule has 4 nitrogen and oxygen atoms in total. The third-order valence-electron chi connectivity index (χ3n) is 3.52. The normalized spacial score (nSPS) is 10.8. The van der Waals surface area contributed by atoms with E-state index in [0.29, 0.717) is 16.9 Å². The molecule has 2 rings (SSSR count). The molecule has 0 saturated heterocycles. The Balaban J connectivity index is 2.12. The lowest BCUT2D eigenvalue weighted by molar-refractivity contribution is 0.0474. The van der Waals surface area contributed by atoms with Crippen LogP contribution in [0.25, 0.3) is 0 Å². The van der Waals surface area contributed by atoms with Gasteiger partial charge in [0.15, 0.2) is 0 Å². The topological polar surface area (TPSA) is 59.3 Å². The largest absolute Gasteiger partial charge is 0.426 e. The fourth-order valence-electron chi connectivity index (χ4n) is 2.15. The van der Waals surface area contributed by atoms with Crippen molar-refractivity contribution in [3.8, 4) is 11.8 Å². The molecular formula is C21H21NO3. The van der Waals surface area contributed by atoms with Gasteiger partial charge in [-0.25, -0.2) is 4.79 Å². The minimum Gasteiger partial charge on any atom is -0.426 e. The predicted octanol–water partition coefficient (Wildman–Crippen LogP) is 5.13. The number of aryl methyl sites for hydroxylation is 1. The Labute approximate surface area is 148 Å². The van der Waals surface area contributed by atoms with E-state index >= 15 is 0 Å². The van der Waals surface area contributed by atoms with Gasteiger partial charge in [-0.3, -0.25) is 0 Å². The lowest BCUT2D eigenvalue weighted by Crippen LogP contribution is -2.09. The van der Waals surface area contributed by atoms with E-state index in [0.717, 1.165) is 24.8 Å². The van der Waals surface area contributed by atoms with E-state index in [2.05, 4.69) is 6.92 Å². The van der Waals surface area contributed by atoms with Crippen molar-refractivity contribution in [2.24, 2.45) is 0 Å². The van der Waals surface area contributed by atoms with Crippen molar-refractivity contribution < 1.29 is 14.3 Å². The first kappa shape index (κ1) is 18.3. The molecular weight excluding hydrogens is 314 g/mol. The maximum Gasteiger partial charge on any atom is 0.345 e. The fourth-order valence-corrected chi connectivity index (χ4v) is 2.15. The van der Waals surface area contributed by atoms with E-state index in [1.54, 1.807) is 30.3 Å². The Bertz CT molecular complexity index is 786. The van der Waals surface area contributed by atoms with Gasteiger partial charge in [-0.1, -0.05) is 25.5 Å². The van der Waals surface area contributed by atoms with E-state index < -0.39 is 5.97 Å². The maximum absolute atomic E-state index is 12.3. The highest BCUT2D eigenvalue weighted by Gasteiger charge is 2.12. The highest BCUT2D eigenvalue weighted by Crippen LogP contribution is 2.18. The quantitative estimate of drug-likeness (QED) is 0.399. The molecule has 0 fully saturated rings. The van der Waals surface area contributed by atoms with Gasteiger partial charge >= 0.3 is 5.97 Å². The second-order valence-electron chi connectivity index (χ2n) is 5.66. The van der Waals surface area contributed by atoms with Crippen LogP contribution in [0.1, 0.15) is 47.7 Å². The maximum atomic E-state index is 12.3. The highest BCUT2D eigenvalue weighted by molar-refractivity contribution is 5.90. The molecule has 128 valence electrons. The summed E-state index contributed by atoms with van der Waals surface area (Å²) in [6.07, 6.45) is 4.57. The molecule has 0 aliphatic heterocycles. The summed E-state index contributed by atoms with van der Waals surface area (Å²) in [5.74, 6) is 0.281. The van der Waals surface area contributed by atoms with Crippen LogP contribution in [0.3, 0.4) is 0 Å². The van der Waals surface area contributed by atoms with Gasteiger partial charge in [0.2, 0.25) is 0 Å². The minimum absolute atomic E-state index is 0.174. The second kappa shape index (κ2) is 9.29. The SMILES string of the molecule is CCCC/C=C(\OC(=O)c1ccc(C#N)cc1)Oc1cccc(C)c1. The zero-order valence-corrected chi connectivity index (χ0v) is 14.5. The van der Waals surface area contributed by atoms with Crippen molar-refractivity contribution in [3.63, 3.8) is 0 Å². The summed E-state index contributed by atoms with van der Waals surface area (Å²) in [5, 5.41) is 8.82. The number of hydrogen-bond acceptors (Lipinski definition) is 4. The summed E-state index contributed by atoms with van der Waals surface area (Å²) in [4.78, 5) is 12.3. The summed E-state index contributed by atoms with van der Waals surface area (Å²) in [7, 11) is 0. The molecule has 0 aliphatic carbocycles. The summed E-state index contributed by atoms with van der Waals surface area (Å²) < 4.78 is 11.2. The molecule has 0 radical (unpaired) electrons. The molecule has 25 heavy (non-hydrogen) atoms. The number of carbonyl (C=O) groups excluding carboxylic acids is 1. The zero-order valence-electron chi connectivity index (χ0n) is 14.5. The number of nitrogens with zero attached hydrogens (tertiary/aromatic N) is 1. The lowest BCUT2D eigenvalue weighted by atomic mass is 10.1. The molecule has 0 atom stereocenters. The van der Waals surface area contributed by atoms with E-state index in [1.165, 1.54) is 0 Å². The molecule has 4 heteroatoms. The van der Waals surface area contributed by atoms with Gasteiger partial charge in [0.05, 0.1) is 17.2 Å². The van der Waals surface area contributed by atoms with Crippen LogP contribution >= 0.6 is 0 Å². The Morgan fingerprint density at radius 2 is 1.96 bits per heavy atom. The molecule has 0 spiro atoms. The monoisotopic (exact) mass is 335 g/mol. The molecule has 2 aromatic carbocycles. The summed E-state index contributed by atoms with van der Waals surface area (Å²) in [6.45, 7) is 4.06. The number of ether oxygens (including phenoxy) is 2. The third kappa shape index (κ3) is 5.82. The van der Waals surface area contributed by atoms with Crippen molar-refractivity contribution in [1.82, 2.24) is 0 Å². The number of esters is 1. The lowest BCUT2D eigenvalue weighted by Gasteiger charge is -2.11. The molecule has 0 amide bonds. The number of rotatable bonds is 7. The van der Waals surface area contributed by atoms with Crippen molar-refractivity contribution in [2.75, 3.05) is 0 Å². The van der Waals surface area contributed by atoms with Crippen molar-refractivity contribution in [2.45, 2.75) is 33.1 Å². The number of benzene rings is 2. The summed E-state index contributed by atoms with van der Waals surface area (Å²) in [6, 6.07) is 15.9. The smallest absolute Gasteiger partial charge is 0.345 e. The van der Waals surface area contributed by atoms with E-state index in [1.807, 2.05) is 37.3 Å². The Kier molecular flexibility index (Phi) is 6.79. The molecule has 0 unspecified atom stereocenters. The molecule has 2 aromatic rings. The second-order valence-corrected chi connectivity index (χ2v) is 5.66. The molecule has 0 N–H and O–H groups in total. The summed E-state index contributed by atoms with van der Waals surface area (Å²) >= 11 is 0. The van der Waals surface area contributed by atoms with E-state index in [-0.39, 0.29) is 5.95 Å². The first-order valence-electron chi connectivity index (χ1n) is 8.29. The van der Waals surface area contributed by atoms with Crippen LogP contribution in [0.15, 0.2) is 60.6 Å². The van der Waals surface area contributed by atoms with E-state index in [9.17, 15) is 4.79 Å². The molecule has 0 saturated carbocycles. The van der Waals surface area contributed by atoms with Gasteiger partial charge in [0, 0.05) is 0 Å². The Morgan fingerprint density at radius 1 is 1.20 bits per heavy atom. The van der Waals surface area contributed by atoms with Crippen LogP contribution in [0.4, 0.5) is 0 Å². The van der Waals surface area contributed by atoms with Crippen LogP contribution in [0.5, 0.6) is 5.75 Å². The number of unbranched alkanes of at least 4 members (excludes halogenated alkanes) is 2. The fraction of sp³-hybridized carbons (Fsp3) is 0.238. The average Bonchev–Trinajstić information content (AvgIpc) is 2.62. The Morgan fingerprint density at radius 3 is 2.60 bits per heavy atom. The number of hydrogen-bond donors (Lipinski definition) is 0. The first-order chi connectivity index (χ1) is 12.1. The number of carbonyl (C=O) groups is 1. The molecule has 0 heterocycles. The number of allylic oxidation sites excluding steroid dienone is 1. The standard InChI is InChI=1S/C21H21NO3/c1-3-4-5-9-20(24-19-8-6-7-16(2)14-19)25-21(23)18-12-10-17(15-22)11-13-18/h6-14H,3-5H2,1-2H3/b20-9-. The molecule has 0 bridgehead atoms. The van der Waals surface area contributed by atoms with Gasteiger partial charge < -0.3 is 9.47 Å². The minimum atomic E-state index is -0.514. The zero-order chi connectivity index (χ0) is 18.1. The van der Waals surface area contributed by atoms with Crippen LogP contribution in [0, 0.1) is 18.3 Å². The van der Waals surface area contributed by atoms with Gasteiger partial charge in [-0.15, -0.1) is 0 Å². The van der Waals surface area contributed by atoms with Gasteiger partial charge in [-0.2, -0.15) is 5.26 Å². The van der Waals surface area contributed by atoms with Crippen molar-refractivity contribution in [1.29, 1.82) is 5.26 Å². The van der Waals surface area contributed by atoms with Gasteiger partial charge in [0.1, 0.15) is 5.75 Å². The number of nitriles is 1. The summed E-state index contributed by atoms with van der Waals surface area (Å²) in [5.41, 5.74) is 1.92. The van der Waals surface area contributed by atoms with Gasteiger partial charge in [-0.05, 0) is 67.8 Å². The first-order valence-corrected chi connectivity index (χ1v) is 8.29. The molecule has 0 aliphatic rings. The third-order valence-corrected chi connectivity index (χ3v) is 3.52.